The van der Waals surface area contributed by atoms with Crippen molar-refractivity contribution in [2.24, 2.45) is 0 Å². The second kappa shape index (κ2) is 7.10. The summed E-state index contributed by atoms with van der Waals surface area (Å²) >= 11 is 0. The Morgan fingerprint density at radius 3 is 2.24 bits per heavy atom. The molecule has 0 bridgehead atoms. The topological polar surface area (TPSA) is 75.1 Å². The Morgan fingerprint density at radius 2 is 1.67 bits per heavy atom. The van der Waals surface area contributed by atoms with Crippen molar-refractivity contribution in [2.75, 3.05) is 45.4 Å². The second-order valence-corrected chi connectivity index (χ2v) is 4.50. The third kappa shape index (κ3) is 3.17. The van der Waals surface area contributed by atoms with Gasteiger partial charge >= 0.3 is 0 Å². The molecule has 0 amide bonds. The Kier molecular flexibility index (Phi) is 5.19. The van der Waals surface area contributed by atoms with Gasteiger partial charge in [0.05, 0.1) is 27.4 Å². The van der Waals surface area contributed by atoms with Crippen molar-refractivity contribution in [1.29, 1.82) is 0 Å². The molecule has 0 aliphatic carbocycles. The van der Waals surface area contributed by atoms with Crippen LogP contribution in [0.15, 0.2) is 24.4 Å². The summed E-state index contributed by atoms with van der Waals surface area (Å²) in [5.74, 6) is 1.97. The average molecular weight is 292 g/mol. The van der Waals surface area contributed by atoms with Crippen LogP contribution < -0.4 is 14.4 Å². The van der Waals surface area contributed by atoms with Gasteiger partial charge in [-0.1, -0.05) is 0 Å². The standard InChI is InChI=1S/C15H20N2O4/c1-20-13-9-11-3-4-16-15(12(11)10-14(13)21-2)17(5-7-18)6-8-19/h3-4,9-10,18-19H,5-8H2,1-2H3. The molecular formula is C15H20N2O4. The molecule has 1 aromatic heterocycles. The number of hydrogen-bond donors (Lipinski definition) is 2. The number of fused-ring (bicyclic) bond motifs is 1. The van der Waals surface area contributed by atoms with E-state index in [1.54, 1.807) is 20.4 Å². The molecule has 21 heavy (non-hydrogen) atoms. The summed E-state index contributed by atoms with van der Waals surface area (Å²) in [5, 5.41) is 20.2. The Balaban J connectivity index is 2.57. The lowest BCUT2D eigenvalue weighted by Gasteiger charge is -2.23. The van der Waals surface area contributed by atoms with E-state index in [-0.39, 0.29) is 13.2 Å². The fourth-order valence-corrected chi connectivity index (χ4v) is 2.30. The highest BCUT2D eigenvalue weighted by molar-refractivity contribution is 5.94. The molecule has 0 radical (unpaired) electrons. The first-order valence-electron chi connectivity index (χ1n) is 6.72. The third-order valence-electron chi connectivity index (χ3n) is 3.29. The third-order valence-corrected chi connectivity index (χ3v) is 3.29. The molecule has 0 unspecified atom stereocenters. The molecule has 0 spiro atoms. The van der Waals surface area contributed by atoms with E-state index in [1.807, 2.05) is 23.1 Å². The highest BCUT2D eigenvalue weighted by Gasteiger charge is 2.14. The van der Waals surface area contributed by atoms with Crippen LogP contribution in [0.1, 0.15) is 0 Å². The van der Waals surface area contributed by atoms with Crippen LogP contribution in [0.25, 0.3) is 10.8 Å². The van der Waals surface area contributed by atoms with Crippen LogP contribution >= 0.6 is 0 Å². The van der Waals surface area contributed by atoms with Gasteiger partial charge in [-0.3, -0.25) is 0 Å². The molecule has 0 atom stereocenters. The van der Waals surface area contributed by atoms with Gasteiger partial charge < -0.3 is 24.6 Å². The number of hydrogen-bond acceptors (Lipinski definition) is 6. The lowest BCUT2D eigenvalue weighted by Crippen LogP contribution is -2.30. The number of pyridine rings is 1. The number of aromatic nitrogens is 1. The van der Waals surface area contributed by atoms with Gasteiger partial charge in [-0.05, 0) is 23.6 Å². The summed E-state index contributed by atoms with van der Waals surface area (Å²) in [6.07, 6.45) is 1.70. The molecule has 1 aromatic carbocycles. The molecule has 6 nitrogen and oxygen atoms in total. The predicted molar refractivity (Wildman–Crippen MR) is 81.2 cm³/mol. The van der Waals surface area contributed by atoms with Crippen molar-refractivity contribution in [2.45, 2.75) is 0 Å². The molecule has 114 valence electrons. The van der Waals surface area contributed by atoms with Crippen molar-refractivity contribution >= 4 is 16.6 Å². The quantitative estimate of drug-likeness (QED) is 0.794. The summed E-state index contributed by atoms with van der Waals surface area (Å²) in [4.78, 5) is 6.22. The van der Waals surface area contributed by atoms with E-state index in [4.69, 9.17) is 9.47 Å². The number of aliphatic hydroxyl groups excluding tert-OH is 2. The number of nitrogens with zero attached hydrogens (tertiary/aromatic N) is 2. The largest absolute Gasteiger partial charge is 0.493 e. The van der Waals surface area contributed by atoms with E-state index in [9.17, 15) is 10.2 Å². The Morgan fingerprint density at radius 1 is 1.05 bits per heavy atom. The minimum atomic E-state index is -0.00857. The number of aliphatic hydroxyl groups is 2. The zero-order valence-corrected chi connectivity index (χ0v) is 12.2. The zero-order valence-electron chi connectivity index (χ0n) is 12.2. The zero-order chi connectivity index (χ0) is 15.2. The van der Waals surface area contributed by atoms with Crippen molar-refractivity contribution in [3.05, 3.63) is 24.4 Å². The van der Waals surface area contributed by atoms with E-state index in [1.165, 1.54) is 0 Å². The summed E-state index contributed by atoms with van der Waals surface area (Å²) in [6.45, 7) is 0.790. The lowest BCUT2D eigenvalue weighted by atomic mass is 10.1. The summed E-state index contributed by atoms with van der Waals surface area (Å²) in [6, 6.07) is 5.63. The maximum atomic E-state index is 9.18. The first-order valence-corrected chi connectivity index (χ1v) is 6.72. The second-order valence-electron chi connectivity index (χ2n) is 4.50. The van der Waals surface area contributed by atoms with Crippen molar-refractivity contribution in [3.8, 4) is 11.5 Å². The molecule has 2 aromatic rings. The van der Waals surface area contributed by atoms with Crippen LogP contribution in [0.3, 0.4) is 0 Å². The van der Waals surface area contributed by atoms with Crippen LogP contribution in [0, 0.1) is 0 Å². The molecule has 0 saturated heterocycles. The minimum Gasteiger partial charge on any atom is -0.493 e. The van der Waals surface area contributed by atoms with Gasteiger partial charge in [0.25, 0.3) is 0 Å². The fourth-order valence-electron chi connectivity index (χ4n) is 2.30. The molecule has 6 heteroatoms. The molecular weight excluding hydrogens is 272 g/mol. The molecule has 0 saturated carbocycles. The fraction of sp³-hybridized carbons (Fsp3) is 0.400. The lowest BCUT2D eigenvalue weighted by molar-refractivity contribution is 0.281. The smallest absolute Gasteiger partial charge is 0.161 e. The monoisotopic (exact) mass is 292 g/mol. The first-order chi connectivity index (χ1) is 10.2. The van der Waals surface area contributed by atoms with Gasteiger partial charge in [0.15, 0.2) is 11.5 Å². The predicted octanol–water partition coefficient (Wildman–Crippen LogP) is 1.04. The van der Waals surface area contributed by atoms with Gasteiger partial charge in [-0.15, -0.1) is 0 Å². The van der Waals surface area contributed by atoms with Gasteiger partial charge in [-0.2, -0.15) is 0 Å². The number of anilines is 1. The van der Waals surface area contributed by atoms with E-state index < -0.39 is 0 Å². The average Bonchev–Trinajstić information content (AvgIpc) is 2.52. The molecule has 2 rings (SSSR count). The Labute approximate surface area is 123 Å². The number of benzene rings is 1. The van der Waals surface area contributed by atoms with E-state index in [0.29, 0.717) is 30.4 Å². The van der Waals surface area contributed by atoms with E-state index >= 15 is 0 Å². The van der Waals surface area contributed by atoms with Gasteiger partial charge in [-0.25, -0.2) is 4.98 Å². The maximum Gasteiger partial charge on any atom is 0.161 e. The van der Waals surface area contributed by atoms with Gasteiger partial charge in [0.2, 0.25) is 0 Å². The van der Waals surface area contributed by atoms with E-state index in [2.05, 4.69) is 4.98 Å². The Hall–Kier alpha value is -2.05. The van der Waals surface area contributed by atoms with Gasteiger partial charge in [0, 0.05) is 24.7 Å². The summed E-state index contributed by atoms with van der Waals surface area (Å²) in [7, 11) is 3.18. The maximum absolute atomic E-state index is 9.18. The van der Waals surface area contributed by atoms with Crippen molar-refractivity contribution in [3.63, 3.8) is 0 Å². The highest BCUT2D eigenvalue weighted by Crippen LogP contribution is 2.35. The normalized spacial score (nSPS) is 10.7. The number of ether oxygens (including phenoxy) is 2. The number of methoxy groups -OCH3 is 2. The molecule has 0 aliphatic rings. The molecule has 0 fully saturated rings. The Bertz CT molecular complexity index is 597. The summed E-state index contributed by atoms with van der Waals surface area (Å²) in [5.41, 5.74) is 0. The van der Waals surface area contributed by atoms with Crippen LogP contribution in [0.5, 0.6) is 11.5 Å². The van der Waals surface area contributed by atoms with Crippen LogP contribution in [0.4, 0.5) is 5.82 Å². The van der Waals surface area contributed by atoms with Gasteiger partial charge in [0.1, 0.15) is 5.82 Å². The minimum absolute atomic E-state index is 0.00857. The van der Waals surface area contributed by atoms with Crippen LogP contribution in [-0.2, 0) is 0 Å². The van der Waals surface area contributed by atoms with Crippen LogP contribution in [-0.4, -0.2) is 55.7 Å². The summed E-state index contributed by atoms with van der Waals surface area (Å²) < 4.78 is 10.6. The first kappa shape index (κ1) is 15.3. The SMILES string of the molecule is COc1cc2ccnc(N(CCO)CCO)c2cc1OC. The molecule has 2 N–H and O–H groups in total. The highest BCUT2D eigenvalue weighted by atomic mass is 16.5. The van der Waals surface area contributed by atoms with Crippen molar-refractivity contribution < 1.29 is 19.7 Å². The van der Waals surface area contributed by atoms with E-state index in [0.717, 1.165) is 10.8 Å². The van der Waals surface area contributed by atoms with Crippen LogP contribution in [0.2, 0.25) is 0 Å². The molecule has 1 heterocycles. The van der Waals surface area contributed by atoms with Crippen molar-refractivity contribution in [1.82, 2.24) is 4.98 Å². The number of rotatable bonds is 7. The molecule has 0 aliphatic heterocycles.